The summed E-state index contributed by atoms with van der Waals surface area (Å²) in [6.45, 7) is 3.41. The van der Waals surface area contributed by atoms with E-state index in [-0.39, 0.29) is 6.54 Å². The molecule has 2 amide bonds. The molecule has 0 spiro atoms. The molecule has 0 fully saturated rings. The predicted octanol–water partition coefficient (Wildman–Crippen LogP) is 0.232. The Kier molecular flexibility index (Phi) is 6.19. The number of benzene rings is 1. The van der Waals surface area contributed by atoms with Gasteiger partial charge in [0.05, 0.1) is 6.61 Å². The zero-order valence-electron chi connectivity index (χ0n) is 11.9. The Morgan fingerprint density at radius 3 is 2.38 bits per heavy atom. The van der Waals surface area contributed by atoms with Gasteiger partial charge in [-0.2, -0.15) is 0 Å². The van der Waals surface area contributed by atoms with Gasteiger partial charge in [0.2, 0.25) is 0 Å². The van der Waals surface area contributed by atoms with E-state index in [0.29, 0.717) is 17.9 Å². The van der Waals surface area contributed by atoms with Crippen LogP contribution >= 0.6 is 0 Å². The summed E-state index contributed by atoms with van der Waals surface area (Å²) in [7, 11) is 0. The highest BCUT2D eigenvalue weighted by Crippen LogP contribution is 2.11. The number of nitrogens with two attached hydrogens (primary N) is 1. The number of rotatable bonds is 7. The third kappa shape index (κ3) is 5.52. The summed E-state index contributed by atoms with van der Waals surface area (Å²) in [6.07, 6.45) is -1.03. The zero-order chi connectivity index (χ0) is 15.8. The van der Waals surface area contributed by atoms with Crippen LogP contribution in [0.25, 0.3) is 0 Å². The third-order valence-electron chi connectivity index (χ3n) is 2.53. The molecule has 114 valence electrons. The molecule has 0 unspecified atom stereocenters. The second-order valence-electron chi connectivity index (χ2n) is 4.17. The summed E-state index contributed by atoms with van der Waals surface area (Å²) < 4.78 is 9.96. The van der Waals surface area contributed by atoms with E-state index >= 15 is 0 Å². The number of hydrogen-bond acceptors (Lipinski definition) is 5. The van der Waals surface area contributed by atoms with E-state index < -0.39 is 23.9 Å². The highest BCUT2D eigenvalue weighted by molar-refractivity contribution is 5.96. The first-order valence-corrected chi connectivity index (χ1v) is 6.44. The Labute approximate surface area is 122 Å². The Morgan fingerprint density at radius 2 is 1.86 bits per heavy atom. The molecule has 7 nitrogen and oxygen atoms in total. The summed E-state index contributed by atoms with van der Waals surface area (Å²) >= 11 is 0. The van der Waals surface area contributed by atoms with Crippen LogP contribution in [-0.2, 0) is 14.3 Å². The van der Waals surface area contributed by atoms with Crippen LogP contribution < -0.4 is 15.8 Å². The van der Waals surface area contributed by atoms with Crippen LogP contribution in [-0.4, -0.2) is 37.0 Å². The van der Waals surface area contributed by atoms with E-state index in [0.717, 1.165) is 0 Å². The van der Waals surface area contributed by atoms with Crippen LogP contribution in [0.1, 0.15) is 24.2 Å². The minimum Gasteiger partial charge on any atom is -0.494 e. The van der Waals surface area contributed by atoms with Crippen LogP contribution in [0.3, 0.4) is 0 Å². The lowest BCUT2D eigenvalue weighted by atomic mass is 10.2. The molecule has 0 heterocycles. The average molecular weight is 294 g/mol. The molecule has 0 aliphatic carbocycles. The lowest BCUT2D eigenvalue weighted by Gasteiger charge is -2.10. The van der Waals surface area contributed by atoms with Crippen molar-refractivity contribution in [3.8, 4) is 5.75 Å². The molecular formula is C14H18N2O5. The van der Waals surface area contributed by atoms with E-state index in [4.69, 9.17) is 15.2 Å². The normalized spacial score (nSPS) is 11.3. The molecule has 0 aromatic heterocycles. The van der Waals surface area contributed by atoms with Gasteiger partial charge in [-0.25, -0.2) is 0 Å². The fraction of sp³-hybridized carbons (Fsp3) is 0.357. The van der Waals surface area contributed by atoms with E-state index in [1.165, 1.54) is 6.92 Å². The molecule has 21 heavy (non-hydrogen) atoms. The first-order chi connectivity index (χ1) is 9.93. The fourth-order valence-corrected chi connectivity index (χ4v) is 1.42. The van der Waals surface area contributed by atoms with E-state index in [2.05, 4.69) is 5.32 Å². The third-order valence-corrected chi connectivity index (χ3v) is 2.53. The average Bonchev–Trinajstić information content (AvgIpc) is 2.45. The monoisotopic (exact) mass is 294 g/mol. The number of primary amides is 1. The summed E-state index contributed by atoms with van der Waals surface area (Å²) in [5.41, 5.74) is 5.34. The largest absolute Gasteiger partial charge is 0.494 e. The van der Waals surface area contributed by atoms with Crippen LogP contribution in [0.5, 0.6) is 5.75 Å². The highest BCUT2D eigenvalue weighted by Gasteiger charge is 2.15. The smallest absolute Gasteiger partial charge is 0.326 e. The SMILES string of the molecule is CCOc1ccc(C(=O)NCC(=O)O[C@H](C)C(N)=O)cc1. The van der Waals surface area contributed by atoms with Gasteiger partial charge in [-0.05, 0) is 38.1 Å². The second kappa shape index (κ2) is 7.88. The summed E-state index contributed by atoms with van der Waals surface area (Å²) in [5, 5.41) is 2.39. The van der Waals surface area contributed by atoms with Gasteiger partial charge in [0.1, 0.15) is 12.3 Å². The number of carbonyl (C=O) groups excluding carboxylic acids is 3. The molecule has 1 aromatic carbocycles. The molecule has 0 saturated carbocycles. The maximum absolute atomic E-state index is 11.8. The van der Waals surface area contributed by atoms with Gasteiger partial charge >= 0.3 is 5.97 Å². The summed E-state index contributed by atoms with van der Waals surface area (Å²) in [4.78, 5) is 33.9. The molecule has 0 radical (unpaired) electrons. The van der Waals surface area contributed by atoms with Crippen molar-refractivity contribution in [2.45, 2.75) is 20.0 Å². The van der Waals surface area contributed by atoms with Crippen molar-refractivity contribution in [3.63, 3.8) is 0 Å². The van der Waals surface area contributed by atoms with Crippen molar-refractivity contribution < 1.29 is 23.9 Å². The number of carbonyl (C=O) groups is 3. The van der Waals surface area contributed by atoms with E-state index in [9.17, 15) is 14.4 Å². The number of ether oxygens (including phenoxy) is 2. The second-order valence-corrected chi connectivity index (χ2v) is 4.17. The lowest BCUT2D eigenvalue weighted by molar-refractivity contribution is -0.152. The van der Waals surface area contributed by atoms with Crippen molar-refractivity contribution >= 4 is 17.8 Å². The Bertz CT molecular complexity index is 513. The molecule has 0 aliphatic heterocycles. The van der Waals surface area contributed by atoms with Crippen molar-refractivity contribution in [2.24, 2.45) is 5.73 Å². The van der Waals surface area contributed by atoms with Crippen LogP contribution in [0, 0.1) is 0 Å². The molecule has 7 heteroatoms. The van der Waals surface area contributed by atoms with E-state index in [1.54, 1.807) is 24.3 Å². The number of amides is 2. The molecule has 1 aromatic rings. The van der Waals surface area contributed by atoms with Gasteiger partial charge in [0, 0.05) is 5.56 Å². The van der Waals surface area contributed by atoms with Crippen molar-refractivity contribution in [1.82, 2.24) is 5.32 Å². The summed E-state index contributed by atoms with van der Waals surface area (Å²) in [6, 6.07) is 6.48. The number of nitrogens with one attached hydrogen (secondary N) is 1. The van der Waals surface area contributed by atoms with Gasteiger partial charge in [0.25, 0.3) is 11.8 Å². The van der Waals surface area contributed by atoms with Crippen LogP contribution in [0.15, 0.2) is 24.3 Å². The van der Waals surface area contributed by atoms with Gasteiger partial charge in [0.15, 0.2) is 6.10 Å². The van der Waals surface area contributed by atoms with E-state index in [1.807, 2.05) is 6.92 Å². The molecular weight excluding hydrogens is 276 g/mol. The van der Waals surface area contributed by atoms with Gasteiger partial charge < -0.3 is 20.5 Å². The molecule has 1 atom stereocenters. The quantitative estimate of drug-likeness (QED) is 0.700. The first kappa shape index (κ1) is 16.5. The van der Waals surface area contributed by atoms with Gasteiger partial charge in [-0.1, -0.05) is 0 Å². The van der Waals surface area contributed by atoms with Crippen LogP contribution in [0.4, 0.5) is 0 Å². The fourth-order valence-electron chi connectivity index (χ4n) is 1.42. The Morgan fingerprint density at radius 1 is 1.24 bits per heavy atom. The maximum Gasteiger partial charge on any atom is 0.326 e. The molecule has 0 saturated heterocycles. The lowest BCUT2D eigenvalue weighted by Crippen LogP contribution is -2.36. The molecule has 3 N–H and O–H groups in total. The predicted molar refractivity (Wildman–Crippen MR) is 74.7 cm³/mol. The minimum absolute atomic E-state index is 0.344. The highest BCUT2D eigenvalue weighted by atomic mass is 16.5. The Balaban J connectivity index is 2.46. The molecule has 0 aliphatic rings. The maximum atomic E-state index is 11.8. The summed E-state index contributed by atoms with van der Waals surface area (Å²) in [5.74, 6) is -1.26. The topological polar surface area (TPSA) is 108 Å². The number of esters is 1. The van der Waals surface area contributed by atoms with Crippen LogP contribution in [0.2, 0.25) is 0 Å². The minimum atomic E-state index is -1.03. The zero-order valence-corrected chi connectivity index (χ0v) is 11.9. The number of hydrogen-bond donors (Lipinski definition) is 2. The first-order valence-electron chi connectivity index (χ1n) is 6.44. The van der Waals surface area contributed by atoms with Gasteiger partial charge in [-0.15, -0.1) is 0 Å². The molecule has 0 bridgehead atoms. The molecule has 1 rings (SSSR count). The van der Waals surface area contributed by atoms with Crippen molar-refractivity contribution in [2.75, 3.05) is 13.2 Å². The van der Waals surface area contributed by atoms with Gasteiger partial charge in [-0.3, -0.25) is 14.4 Å². The van der Waals surface area contributed by atoms with Crippen molar-refractivity contribution in [3.05, 3.63) is 29.8 Å². The Hall–Kier alpha value is -2.57. The standard InChI is InChI=1S/C14H18N2O5/c1-3-20-11-6-4-10(5-7-11)14(19)16-8-12(17)21-9(2)13(15)18/h4-7,9H,3,8H2,1-2H3,(H2,15,18)(H,16,19)/t9-/m1/s1. The van der Waals surface area contributed by atoms with Crippen molar-refractivity contribution in [1.29, 1.82) is 0 Å².